The lowest BCUT2D eigenvalue weighted by Gasteiger charge is -2.28. The van der Waals surface area contributed by atoms with Crippen LogP contribution >= 0.6 is 12.6 Å². The standard InChI is InChI=1S/C11H14N2O2S/c12-4-3-8-1-2-10-9(5-8)13(7-16)11(14)6-15-10/h1-2,5,16H,3-4,6-7,12H2. The van der Waals surface area contributed by atoms with Crippen molar-refractivity contribution >= 4 is 24.2 Å². The predicted molar refractivity (Wildman–Crippen MR) is 66.0 cm³/mol. The molecule has 1 aromatic rings. The van der Waals surface area contributed by atoms with Gasteiger partial charge in [0, 0.05) is 0 Å². The number of nitrogens with two attached hydrogens (primary N) is 1. The number of hydrogen-bond acceptors (Lipinski definition) is 4. The molecule has 1 aliphatic rings. The third kappa shape index (κ3) is 2.01. The number of fused-ring (bicyclic) bond motifs is 1. The molecule has 0 atom stereocenters. The van der Waals surface area contributed by atoms with E-state index in [2.05, 4.69) is 12.6 Å². The Kier molecular flexibility index (Phi) is 3.36. The van der Waals surface area contributed by atoms with E-state index in [4.69, 9.17) is 10.5 Å². The molecule has 1 heterocycles. The molecule has 0 unspecified atom stereocenters. The molecule has 4 nitrogen and oxygen atoms in total. The Morgan fingerprint density at radius 1 is 1.50 bits per heavy atom. The maximum Gasteiger partial charge on any atom is 0.265 e. The molecule has 0 spiro atoms. The minimum atomic E-state index is -0.0626. The zero-order valence-corrected chi connectivity index (χ0v) is 9.74. The second-order valence-corrected chi connectivity index (χ2v) is 3.88. The van der Waals surface area contributed by atoms with Gasteiger partial charge in [-0.05, 0) is 30.7 Å². The van der Waals surface area contributed by atoms with Gasteiger partial charge in [-0.3, -0.25) is 9.69 Å². The molecule has 86 valence electrons. The van der Waals surface area contributed by atoms with Crippen LogP contribution in [0.15, 0.2) is 18.2 Å². The van der Waals surface area contributed by atoms with Crippen molar-refractivity contribution in [3.05, 3.63) is 23.8 Å². The Morgan fingerprint density at radius 3 is 3.00 bits per heavy atom. The summed E-state index contributed by atoms with van der Waals surface area (Å²) in [4.78, 5) is 13.2. The zero-order chi connectivity index (χ0) is 11.5. The van der Waals surface area contributed by atoms with Gasteiger partial charge in [-0.2, -0.15) is 12.6 Å². The normalized spacial score (nSPS) is 14.6. The van der Waals surface area contributed by atoms with E-state index in [-0.39, 0.29) is 12.5 Å². The fraction of sp³-hybridized carbons (Fsp3) is 0.364. The second-order valence-electron chi connectivity index (χ2n) is 3.59. The molecule has 1 aliphatic heterocycles. The van der Waals surface area contributed by atoms with Gasteiger partial charge in [-0.25, -0.2) is 0 Å². The Bertz CT molecular complexity index is 409. The van der Waals surface area contributed by atoms with Gasteiger partial charge in [-0.1, -0.05) is 6.07 Å². The van der Waals surface area contributed by atoms with Crippen LogP contribution in [0.2, 0.25) is 0 Å². The van der Waals surface area contributed by atoms with E-state index in [9.17, 15) is 4.79 Å². The number of thiol groups is 1. The highest BCUT2D eigenvalue weighted by atomic mass is 32.1. The van der Waals surface area contributed by atoms with Crippen molar-refractivity contribution in [2.75, 3.05) is 23.9 Å². The molecule has 1 aromatic carbocycles. The van der Waals surface area contributed by atoms with Crippen molar-refractivity contribution in [2.24, 2.45) is 5.73 Å². The lowest BCUT2D eigenvalue weighted by Crippen LogP contribution is -2.38. The summed E-state index contributed by atoms with van der Waals surface area (Å²) < 4.78 is 5.34. The minimum absolute atomic E-state index is 0.0626. The number of ether oxygens (including phenoxy) is 1. The van der Waals surface area contributed by atoms with E-state index < -0.39 is 0 Å². The number of nitrogens with zero attached hydrogens (tertiary/aromatic N) is 1. The topological polar surface area (TPSA) is 55.6 Å². The summed E-state index contributed by atoms with van der Waals surface area (Å²) in [5, 5.41) is 0. The predicted octanol–water partition coefficient (Wildman–Crippen LogP) is 0.800. The Morgan fingerprint density at radius 2 is 2.31 bits per heavy atom. The number of anilines is 1. The molecule has 0 bridgehead atoms. The van der Waals surface area contributed by atoms with Gasteiger partial charge in [0.2, 0.25) is 0 Å². The van der Waals surface area contributed by atoms with Gasteiger partial charge >= 0.3 is 0 Å². The second kappa shape index (κ2) is 4.76. The monoisotopic (exact) mass is 238 g/mol. The van der Waals surface area contributed by atoms with Crippen molar-refractivity contribution < 1.29 is 9.53 Å². The van der Waals surface area contributed by atoms with Crippen molar-refractivity contribution in [2.45, 2.75) is 6.42 Å². The molecule has 0 radical (unpaired) electrons. The third-order valence-electron chi connectivity index (χ3n) is 2.54. The first-order valence-electron chi connectivity index (χ1n) is 5.13. The molecule has 16 heavy (non-hydrogen) atoms. The summed E-state index contributed by atoms with van der Waals surface area (Å²) in [7, 11) is 0. The van der Waals surface area contributed by atoms with Crippen molar-refractivity contribution in [3.8, 4) is 5.75 Å². The highest BCUT2D eigenvalue weighted by molar-refractivity contribution is 7.80. The first-order chi connectivity index (χ1) is 7.76. The fourth-order valence-electron chi connectivity index (χ4n) is 1.72. The highest BCUT2D eigenvalue weighted by Gasteiger charge is 2.24. The van der Waals surface area contributed by atoms with Crippen molar-refractivity contribution in [3.63, 3.8) is 0 Å². The van der Waals surface area contributed by atoms with Crippen LogP contribution in [-0.4, -0.2) is 24.9 Å². The molecular weight excluding hydrogens is 224 g/mol. The van der Waals surface area contributed by atoms with E-state index >= 15 is 0 Å². The lowest BCUT2D eigenvalue weighted by molar-refractivity contribution is -0.121. The zero-order valence-electron chi connectivity index (χ0n) is 8.85. The SMILES string of the molecule is NCCc1ccc2c(c1)N(CS)C(=O)CO2. The Labute approximate surface area is 99.8 Å². The number of benzene rings is 1. The molecule has 0 aliphatic carbocycles. The van der Waals surface area contributed by atoms with Crippen molar-refractivity contribution in [1.29, 1.82) is 0 Å². The van der Waals surface area contributed by atoms with Gasteiger partial charge in [0.1, 0.15) is 5.75 Å². The molecule has 0 fully saturated rings. The summed E-state index contributed by atoms with van der Waals surface area (Å²) in [6.07, 6.45) is 0.794. The largest absolute Gasteiger partial charge is 0.482 e. The van der Waals surface area contributed by atoms with E-state index in [1.165, 1.54) is 0 Å². The van der Waals surface area contributed by atoms with Crippen LogP contribution < -0.4 is 15.4 Å². The van der Waals surface area contributed by atoms with Gasteiger partial charge in [0.05, 0.1) is 11.6 Å². The number of carbonyl (C=O) groups is 1. The van der Waals surface area contributed by atoms with Crippen LogP contribution in [-0.2, 0) is 11.2 Å². The summed E-state index contributed by atoms with van der Waals surface area (Å²) >= 11 is 4.16. The average Bonchev–Trinajstić information content (AvgIpc) is 2.29. The number of rotatable bonds is 3. The summed E-state index contributed by atoms with van der Waals surface area (Å²) in [5.41, 5.74) is 7.40. The quantitative estimate of drug-likeness (QED) is 0.766. The maximum atomic E-state index is 11.6. The first-order valence-corrected chi connectivity index (χ1v) is 5.76. The molecular formula is C11H14N2O2S. The van der Waals surface area contributed by atoms with Crippen molar-refractivity contribution in [1.82, 2.24) is 0 Å². The smallest absolute Gasteiger partial charge is 0.265 e. The number of carbonyl (C=O) groups excluding carboxylic acids is 1. The highest BCUT2D eigenvalue weighted by Crippen LogP contribution is 2.33. The fourth-order valence-corrected chi connectivity index (χ4v) is 2.04. The summed E-state index contributed by atoms with van der Waals surface area (Å²) in [5.74, 6) is 1.03. The van der Waals surface area contributed by atoms with Crippen LogP contribution in [0.3, 0.4) is 0 Å². The Hall–Kier alpha value is -1.20. The Balaban J connectivity index is 2.37. The van der Waals surface area contributed by atoms with Crippen LogP contribution in [0.5, 0.6) is 5.75 Å². The molecule has 0 aromatic heterocycles. The molecule has 0 saturated carbocycles. The average molecular weight is 238 g/mol. The van der Waals surface area contributed by atoms with E-state index in [0.29, 0.717) is 12.4 Å². The lowest BCUT2D eigenvalue weighted by atomic mass is 10.1. The summed E-state index contributed by atoms with van der Waals surface area (Å²) in [6.45, 7) is 0.679. The summed E-state index contributed by atoms with van der Waals surface area (Å²) in [6, 6.07) is 5.79. The maximum absolute atomic E-state index is 11.6. The first kappa shape index (κ1) is 11.3. The molecule has 1 amide bonds. The van der Waals surface area contributed by atoms with Gasteiger partial charge in [0.15, 0.2) is 6.61 Å². The molecule has 5 heteroatoms. The van der Waals surface area contributed by atoms with E-state index in [1.807, 2.05) is 18.2 Å². The van der Waals surface area contributed by atoms with Crippen LogP contribution in [0, 0.1) is 0 Å². The number of amides is 1. The van der Waals surface area contributed by atoms with Gasteiger partial charge in [-0.15, -0.1) is 0 Å². The molecule has 2 N–H and O–H groups in total. The van der Waals surface area contributed by atoms with Crippen LogP contribution in [0.4, 0.5) is 5.69 Å². The van der Waals surface area contributed by atoms with E-state index in [0.717, 1.165) is 23.4 Å². The third-order valence-corrected chi connectivity index (χ3v) is 2.82. The van der Waals surface area contributed by atoms with E-state index in [1.54, 1.807) is 4.90 Å². The molecule has 2 rings (SSSR count). The van der Waals surface area contributed by atoms with Gasteiger partial charge in [0.25, 0.3) is 5.91 Å². The van der Waals surface area contributed by atoms with Gasteiger partial charge < -0.3 is 10.5 Å². The number of hydrogen-bond donors (Lipinski definition) is 2. The minimum Gasteiger partial charge on any atom is -0.482 e. The van der Waals surface area contributed by atoms with Crippen LogP contribution in [0.1, 0.15) is 5.56 Å². The molecule has 0 saturated heterocycles. The van der Waals surface area contributed by atoms with Crippen LogP contribution in [0.25, 0.3) is 0 Å².